The lowest BCUT2D eigenvalue weighted by Crippen LogP contribution is -2.30. The first-order valence-corrected chi connectivity index (χ1v) is 8.30. The SMILES string of the molecule is Cc1c(C(F)(F)F)nc(-c2ccccc2O)n(CCc2ccccc2)c1=O. The van der Waals surface area contributed by atoms with E-state index in [1.165, 1.54) is 16.7 Å². The molecule has 27 heavy (non-hydrogen) atoms. The fourth-order valence-electron chi connectivity index (χ4n) is 2.89. The molecular weight excluding hydrogens is 357 g/mol. The van der Waals surface area contributed by atoms with Gasteiger partial charge in [-0.1, -0.05) is 42.5 Å². The van der Waals surface area contributed by atoms with Gasteiger partial charge in [0.2, 0.25) is 0 Å². The molecule has 0 fully saturated rings. The van der Waals surface area contributed by atoms with Gasteiger partial charge in [0, 0.05) is 12.1 Å². The summed E-state index contributed by atoms with van der Waals surface area (Å²) < 4.78 is 41.2. The number of aryl methyl sites for hydroxylation is 1. The first kappa shape index (κ1) is 18.7. The Morgan fingerprint density at radius 1 is 1.04 bits per heavy atom. The smallest absolute Gasteiger partial charge is 0.433 e. The fourth-order valence-corrected chi connectivity index (χ4v) is 2.89. The van der Waals surface area contributed by atoms with Gasteiger partial charge < -0.3 is 5.11 Å². The molecule has 3 aromatic rings. The van der Waals surface area contributed by atoms with E-state index < -0.39 is 23.0 Å². The molecule has 0 spiro atoms. The van der Waals surface area contributed by atoms with E-state index >= 15 is 0 Å². The lowest BCUT2D eigenvalue weighted by molar-refractivity contribution is -0.141. The van der Waals surface area contributed by atoms with E-state index in [2.05, 4.69) is 4.98 Å². The molecule has 0 amide bonds. The fraction of sp³-hybridized carbons (Fsp3) is 0.200. The summed E-state index contributed by atoms with van der Waals surface area (Å²) in [4.78, 5) is 16.4. The Bertz CT molecular complexity index is 1010. The summed E-state index contributed by atoms with van der Waals surface area (Å²) in [7, 11) is 0. The van der Waals surface area contributed by atoms with Crippen molar-refractivity contribution in [2.75, 3.05) is 0 Å². The maximum atomic E-state index is 13.3. The zero-order valence-corrected chi connectivity index (χ0v) is 14.5. The van der Waals surface area contributed by atoms with Gasteiger partial charge in [0.25, 0.3) is 5.56 Å². The number of rotatable bonds is 4. The molecule has 140 valence electrons. The van der Waals surface area contributed by atoms with Crippen molar-refractivity contribution in [3.8, 4) is 17.1 Å². The highest BCUT2D eigenvalue weighted by Gasteiger charge is 2.37. The van der Waals surface area contributed by atoms with E-state index in [1.54, 1.807) is 12.1 Å². The van der Waals surface area contributed by atoms with Gasteiger partial charge in [0.1, 0.15) is 11.6 Å². The van der Waals surface area contributed by atoms with Crippen LogP contribution in [-0.2, 0) is 19.1 Å². The topological polar surface area (TPSA) is 55.1 Å². The molecule has 0 saturated heterocycles. The molecule has 1 aromatic heterocycles. The largest absolute Gasteiger partial charge is 0.507 e. The van der Waals surface area contributed by atoms with Gasteiger partial charge >= 0.3 is 6.18 Å². The monoisotopic (exact) mass is 374 g/mol. The van der Waals surface area contributed by atoms with Crippen LogP contribution in [0.2, 0.25) is 0 Å². The molecule has 4 nitrogen and oxygen atoms in total. The first-order chi connectivity index (χ1) is 12.8. The maximum Gasteiger partial charge on any atom is 0.433 e. The Hall–Kier alpha value is -3.09. The summed E-state index contributed by atoms with van der Waals surface area (Å²) in [5, 5.41) is 10.1. The number of aromatic hydroxyl groups is 1. The van der Waals surface area contributed by atoms with Crippen LogP contribution in [0.5, 0.6) is 5.75 Å². The Labute approximate surface area is 153 Å². The number of hydrogen-bond donors (Lipinski definition) is 1. The van der Waals surface area contributed by atoms with Crippen LogP contribution in [0.15, 0.2) is 59.4 Å². The van der Waals surface area contributed by atoms with Gasteiger partial charge in [0.15, 0.2) is 5.69 Å². The minimum absolute atomic E-state index is 0.0770. The second-order valence-corrected chi connectivity index (χ2v) is 6.12. The molecule has 0 aliphatic heterocycles. The minimum Gasteiger partial charge on any atom is -0.507 e. The quantitative estimate of drug-likeness (QED) is 0.745. The number of benzene rings is 2. The van der Waals surface area contributed by atoms with Crippen LogP contribution in [0.4, 0.5) is 13.2 Å². The highest BCUT2D eigenvalue weighted by atomic mass is 19.4. The lowest BCUT2D eigenvalue weighted by atomic mass is 10.1. The van der Waals surface area contributed by atoms with Gasteiger partial charge in [-0.25, -0.2) is 4.98 Å². The zero-order chi connectivity index (χ0) is 19.6. The van der Waals surface area contributed by atoms with Crippen molar-refractivity contribution in [1.29, 1.82) is 0 Å². The summed E-state index contributed by atoms with van der Waals surface area (Å²) in [6.07, 6.45) is -4.32. The van der Waals surface area contributed by atoms with Gasteiger partial charge in [-0.3, -0.25) is 9.36 Å². The third kappa shape index (κ3) is 3.86. The average Bonchev–Trinajstić information content (AvgIpc) is 2.63. The zero-order valence-electron chi connectivity index (χ0n) is 14.5. The third-order valence-electron chi connectivity index (χ3n) is 4.27. The number of phenolic OH excluding ortho intramolecular Hbond substituents is 1. The second kappa shape index (κ2) is 7.26. The molecular formula is C20H17F3N2O2. The van der Waals surface area contributed by atoms with Crippen molar-refractivity contribution in [3.63, 3.8) is 0 Å². The van der Waals surface area contributed by atoms with E-state index in [0.29, 0.717) is 6.42 Å². The minimum atomic E-state index is -4.76. The second-order valence-electron chi connectivity index (χ2n) is 6.12. The molecule has 0 aliphatic carbocycles. The third-order valence-corrected chi connectivity index (χ3v) is 4.27. The number of aromatic nitrogens is 2. The van der Waals surface area contributed by atoms with Crippen LogP contribution >= 0.6 is 0 Å². The normalized spacial score (nSPS) is 11.6. The van der Waals surface area contributed by atoms with Crippen molar-refractivity contribution in [2.24, 2.45) is 0 Å². The molecule has 0 unspecified atom stereocenters. The number of halogens is 3. The van der Waals surface area contributed by atoms with Crippen LogP contribution in [0.1, 0.15) is 16.8 Å². The highest BCUT2D eigenvalue weighted by Crippen LogP contribution is 2.33. The maximum absolute atomic E-state index is 13.3. The molecule has 1 N–H and O–H groups in total. The molecule has 7 heteroatoms. The van der Waals surface area contributed by atoms with Gasteiger partial charge in [0.05, 0.1) is 5.56 Å². The Balaban J connectivity index is 2.17. The summed E-state index contributed by atoms with van der Waals surface area (Å²) >= 11 is 0. The van der Waals surface area contributed by atoms with E-state index in [0.717, 1.165) is 12.5 Å². The standard InChI is InChI=1S/C20H17F3N2O2/c1-13-17(20(21,22)23)24-18(15-9-5-6-10-16(15)26)25(19(13)27)12-11-14-7-3-2-4-8-14/h2-10,26H,11-12H2,1H3. The van der Waals surface area contributed by atoms with Gasteiger partial charge in [-0.2, -0.15) is 13.2 Å². The number of hydrogen-bond acceptors (Lipinski definition) is 3. The molecule has 3 rings (SSSR count). The van der Waals surface area contributed by atoms with Crippen molar-refractivity contribution in [3.05, 3.63) is 81.8 Å². The van der Waals surface area contributed by atoms with Crippen LogP contribution in [-0.4, -0.2) is 14.7 Å². The summed E-state index contributed by atoms with van der Waals surface area (Å²) in [5.41, 5.74) is -1.46. The molecule has 1 heterocycles. The molecule has 0 atom stereocenters. The van der Waals surface area contributed by atoms with Crippen LogP contribution in [0.3, 0.4) is 0 Å². The van der Waals surface area contributed by atoms with Crippen molar-refractivity contribution >= 4 is 0 Å². The highest BCUT2D eigenvalue weighted by molar-refractivity contribution is 5.64. The van der Waals surface area contributed by atoms with Crippen LogP contribution in [0.25, 0.3) is 11.4 Å². The van der Waals surface area contributed by atoms with Crippen molar-refractivity contribution in [2.45, 2.75) is 26.1 Å². The van der Waals surface area contributed by atoms with E-state index in [-0.39, 0.29) is 23.7 Å². The summed E-state index contributed by atoms with van der Waals surface area (Å²) in [5.74, 6) is -0.443. The molecule has 2 aromatic carbocycles. The van der Waals surface area contributed by atoms with Gasteiger partial charge in [-0.15, -0.1) is 0 Å². The number of nitrogens with zero attached hydrogens (tertiary/aromatic N) is 2. The number of phenols is 1. The van der Waals surface area contributed by atoms with Crippen molar-refractivity contribution in [1.82, 2.24) is 9.55 Å². The Morgan fingerprint density at radius 3 is 2.30 bits per heavy atom. The summed E-state index contributed by atoms with van der Waals surface area (Å²) in [6, 6.07) is 15.2. The predicted octanol–water partition coefficient (Wildman–Crippen LogP) is 4.19. The Morgan fingerprint density at radius 2 is 1.67 bits per heavy atom. The summed E-state index contributed by atoms with van der Waals surface area (Å²) in [6.45, 7) is 1.25. The van der Waals surface area contributed by atoms with Gasteiger partial charge in [-0.05, 0) is 31.0 Å². The molecule has 0 bridgehead atoms. The van der Waals surface area contributed by atoms with Crippen molar-refractivity contribution < 1.29 is 18.3 Å². The van der Waals surface area contributed by atoms with Crippen LogP contribution < -0.4 is 5.56 Å². The Kier molecular flexibility index (Phi) is 5.03. The number of para-hydroxylation sites is 1. The average molecular weight is 374 g/mol. The first-order valence-electron chi connectivity index (χ1n) is 8.30. The van der Waals surface area contributed by atoms with E-state index in [4.69, 9.17) is 0 Å². The van der Waals surface area contributed by atoms with E-state index in [1.807, 2.05) is 30.3 Å². The molecule has 0 saturated carbocycles. The van der Waals surface area contributed by atoms with E-state index in [9.17, 15) is 23.1 Å². The van der Waals surface area contributed by atoms with Crippen LogP contribution in [0, 0.1) is 6.92 Å². The molecule has 0 radical (unpaired) electrons. The lowest BCUT2D eigenvalue weighted by Gasteiger charge is -2.17. The predicted molar refractivity (Wildman–Crippen MR) is 95.5 cm³/mol. The molecule has 0 aliphatic rings. The number of alkyl halides is 3.